The monoisotopic (exact) mass is 252 g/mol. The zero-order chi connectivity index (χ0) is 13.1. The fourth-order valence-corrected chi connectivity index (χ4v) is 2.33. The van der Waals surface area contributed by atoms with Crippen molar-refractivity contribution in [2.24, 2.45) is 0 Å². The van der Waals surface area contributed by atoms with Gasteiger partial charge >= 0.3 is 0 Å². The lowest BCUT2D eigenvalue weighted by Gasteiger charge is -2.22. The van der Waals surface area contributed by atoms with Crippen LogP contribution in [0.3, 0.4) is 0 Å². The first-order valence-corrected chi connectivity index (χ1v) is 6.63. The van der Waals surface area contributed by atoms with Crippen LogP contribution in [0.5, 0.6) is 0 Å². The molecule has 3 rings (SSSR count). The van der Waals surface area contributed by atoms with Gasteiger partial charge in [-0.15, -0.1) is 0 Å². The molecular weight excluding hydrogens is 236 g/mol. The number of pyridine rings is 1. The molecule has 2 heterocycles. The first-order valence-electron chi connectivity index (χ1n) is 6.63. The zero-order valence-corrected chi connectivity index (χ0v) is 10.7. The van der Waals surface area contributed by atoms with Gasteiger partial charge in [-0.2, -0.15) is 0 Å². The predicted octanol–water partition coefficient (Wildman–Crippen LogP) is 3.03. The number of carbonyl (C=O) groups excluding carboxylic acids is 1. The molecule has 0 aliphatic carbocycles. The largest absolute Gasteiger partial charge is 0.370 e. The normalized spacial score (nSPS) is 14.8. The standard InChI is InChI=1S/C16H16N2O/c19-16(12-18-10-4-1-5-11-18)15-9-8-13-6-2-3-7-14(13)17-15/h2-4,6-10H,1,5,11-12H2. The average molecular weight is 252 g/mol. The van der Waals surface area contributed by atoms with Crippen molar-refractivity contribution in [3.63, 3.8) is 0 Å². The number of Topliss-reactive ketones (excluding diaryl/α,β-unsaturated/α-hetero) is 1. The Bertz CT molecular complexity index is 633. The number of benzene rings is 1. The Morgan fingerprint density at radius 2 is 2.11 bits per heavy atom. The summed E-state index contributed by atoms with van der Waals surface area (Å²) in [4.78, 5) is 18.7. The topological polar surface area (TPSA) is 33.2 Å². The van der Waals surface area contributed by atoms with Crippen LogP contribution in [0.4, 0.5) is 0 Å². The van der Waals surface area contributed by atoms with E-state index >= 15 is 0 Å². The Morgan fingerprint density at radius 1 is 1.21 bits per heavy atom. The third-order valence-corrected chi connectivity index (χ3v) is 3.36. The number of rotatable bonds is 3. The molecule has 0 bridgehead atoms. The van der Waals surface area contributed by atoms with E-state index in [2.05, 4.69) is 16.0 Å². The van der Waals surface area contributed by atoms with Crippen LogP contribution in [-0.4, -0.2) is 28.8 Å². The first kappa shape index (κ1) is 11.9. The fourth-order valence-electron chi connectivity index (χ4n) is 2.33. The van der Waals surface area contributed by atoms with E-state index in [-0.39, 0.29) is 5.78 Å². The van der Waals surface area contributed by atoms with Crippen molar-refractivity contribution in [2.75, 3.05) is 13.1 Å². The third-order valence-electron chi connectivity index (χ3n) is 3.36. The smallest absolute Gasteiger partial charge is 0.200 e. The third kappa shape index (κ3) is 2.65. The van der Waals surface area contributed by atoms with Gasteiger partial charge in [0.1, 0.15) is 5.69 Å². The highest BCUT2D eigenvalue weighted by atomic mass is 16.1. The summed E-state index contributed by atoms with van der Waals surface area (Å²) >= 11 is 0. The summed E-state index contributed by atoms with van der Waals surface area (Å²) in [5.74, 6) is 0.0808. The van der Waals surface area contributed by atoms with Crippen molar-refractivity contribution in [3.05, 3.63) is 54.4 Å². The Balaban J connectivity index is 1.81. The van der Waals surface area contributed by atoms with Gasteiger partial charge in [0.15, 0.2) is 5.78 Å². The van der Waals surface area contributed by atoms with Crippen LogP contribution in [0.2, 0.25) is 0 Å². The predicted molar refractivity (Wildman–Crippen MR) is 76.0 cm³/mol. The minimum Gasteiger partial charge on any atom is -0.370 e. The second-order valence-corrected chi connectivity index (χ2v) is 4.81. The average Bonchev–Trinajstić information content (AvgIpc) is 2.48. The summed E-state index contributed by atoms with van der Waals surface area (Å²) in [6, 6.07) is 11.6. The number of ketones is 1. The summed E-state index contributed by atoms with van der Waals surface area (Å²) in [6.45, 7) is 1.37. The van der Waals surface area contributed by atoms with Crippen LogP contribution < -0.4 is 0 Å². The highest BCUT2D eigenvalue weighted by molar-refractivity contribution is 5.97. The van der Waals surface area contributed by atoms with E-state index in [1.807, 2.05) is 42.6 Å². The van der Waals surface area contributed by atoms with E-state index in [1.165, 1.54) is 0 Å². The number of hydrogen-bond acceptors (Lipinski definition) is 3. The van der Waals surface area contributed by atoms with Crippen LogP contribution in [0.1, 0.15) is 23.3 Å². The van der Waals surface area contributed by atoms with Crippen molar-refractivity contribution in [1.29, 1.82) is 0 Å². The molecule has 96 valence electrons. The van der Waals surface area contributed by atoms with Crippen molar-refractivity contribution >= 4 is 16.7 Å². The van der Waals surface area contributed by atoms with Gasteiger partial charge in [-0.3, -0.25) is 4.79 Å². The summed E-state index contributed by atoms with van der Waals surface area (Å²) in [5, 5.41) is 1.07. The fraction of sp³-hybridized carbons (Fsp3) is 0.250. The van der Waals surface area contributed by atoms with Crippen molar-refractivity contribution < 1.29 is 4.79 Å². The molecule has 1 aromatic carbocycles. The number of carbonyl (C=O) groups is 1. The number of fused-ring (bicyclic) bond motifs is 1. The lowest BCUT2D eigenvalue weighted by molar-refractivity contribution is 0.0948. The van der Waals surface area contributed by atoms with Crippen molar-refractivity contribution in [3.8, 4) is 0 Å². The molecule has 1 aliphatic rings. The quantitative estimate of drug-likeness (QED) is 0.787. The molecule has 0 radical (unpaired) electrons. The maximum Gasteiger partial charge on any atom is 0.200 e. The molecule has 1 aromatic heterocycles. The molecule has 0 N–H and O–H groups in total. The second-order valence-electron chi connectivity index (χ2n) is 4.81. The van der Waals surface area contributed by atoms with Crippen LogP contribution in [-0.2, 0) is 0 Å². The molecule has 0 spiro atoms. The van der Waals surface area contributed by atoms with E-state index < -0.39 is 0 Å². The molecule has 0 fully saturated rings. The number of para-hydroxylation sites is 1. The molecule has 0 saturated carbocycles. The van der Waals surface area contributed by atoms with Crippen molar-refractivity contribution in [1.82, 2.24) is 9.88 Å². The summed E-state index contributed by atoms with van der Waals surface area (Å²) in [5.41, 5.74) is 1.43. The molecule has 19 heavy (non-hydrogen) atoms. The van der Waals surface area contributed by atoms with E-state index in [4.69, 9.17) is 0 Å². The Kier molecular flexibility index (Phi) is 3.27. The number of aromatic nitrogens is 1. The molecule has 3 nitrogen and oxygen atoms in total. The van der Waals surface area contributed by atoms with Gasteiger partial charge in [-0.25, -0.2) is 4.98 Å². The lowest BCUT2D eigenvalue weighted by atomic mass is 10.1. The molecule has 2 aromatic rings. The van der Waals surface area contributed by atoms with Gasteiger partial charge in [-0.1, -0.05) is 30.3 Å². The van der Waals surface area contributed by atoms with Gasteiger partial charge in [0.05, 0.1) is 12.1 Å². The van der Waals surface area contributed by atoms with Gasteiger partial charge < -0.3 is 4.90 Å². The second kappa shape index (κ2) is 5.22. The maximum absolute atomic E-state index is 12.2. The van der Waals surface area contributed by atoms with Crippen LogP contribution in [0.25, 0.3) is 10.9 Å². The Morgan fingerprint density at radius 3 is 2.95 bits per heavy atom. The number of nitrogens with zero attached hydrogens (tertiary/aromatic N) is 2. The van der Waals surface area contributed by atoms with E-state index in [0.717, 1.165) is 30.3 Å². The molecule has 0 saturated heterocycles. The zero-order valence-electron chi connectivity index (χ0n) is 10.7. The van der Waals surface area contributed by atoms with Gasteiger partial charge in [0.25, 0.3) is 0 Å². The van der Waals surface area contributed by atoms with E-state index in [9.17, 15) is 4.79 Å². The Hall–Kier alpha value is -2.16. The molecular formula is C16H16N2O. The summed E-state index contributed by atoms with van der Waals surface area (Å²) < 4.78 is 0. The van der Waals surface area contributed by atoms with Crippen LogP contribution in [0, 0.1) is 0 Å². The molecule has 0 unspecified atom stereocenters. The minimum absolute atomic E-state index is 0.0808. The first-order chi connectivity index (χ1) is 9.33. The van der Waals surface area contributed by atoms with Gasteiger partial charge in [0, 0.05) is 11.9 Å². The SMILES string of the molecule is O=C(CN1C=CCCC1)c1ccc2ccccc2n1. The molecule has 3 heteroatoms. The van der Waals surface area contributed by atoms with Gasteiger partial charge in [0.2, 0.25) is 0 Å². The summed E-state index contributed by atoms with van der Waals surface area (Å²) in [7, 11) is 0. The molecule has 1 aliphatic heterocycles. The number of hydrogen-bond donors (Lipinski definition) is 0. The lowest BCUT2D eigenvalue weighted by Crippen LogP contribution is -2.28. The van der Waals surface area contributed by atoms with Crippen molar-refractivity contribution in [2.45, 2.75) is 12.8 Å². The number of allylic oxidation sites excluding steroid dienone is 1. The summed E-state index contributed by atoms with van der Waals surface area (Å²) in [6.07, 6.45) is 6.36. The highest BCUT2D eigenvalue weighted by Crippen LogP contribution is 2.13. The van der Waals surface area contributed by atoms with E-state index in [0.29, 0.717) is 12.2 Å². The van der Waals surface area contributed by atoms with Gasteiger partial charge in [-0.05, 0) is 31.2 Å². The molecule has 0 amide bonds. The van der Waals surface area contributed by atoms with Crippen LogP contribution in [0.15, 0.2) is 48.7 Å². The van der Waals surface area contributed by atoms with Crippen LogP contribution >= 0.6 is 0 Å². The Labute approximate surface area is 112 Å². The maximum atomic E-state index is 12.2. The molecule has 0 atom stereocenters. The van der Waals surface area contributed by atoms with E-state index in [1.54, 1.807) is 0 Å². The minimum atomic E-state index is 0.0808. The highest BCUT2D eigenvalue weighted by Gasteiger charge is 2.12.